The summed E-state index contributed by atoms with van der Waals surface area (Å²) < 4.78 is 1.36. The van der Waals surface area contributed by atoms with E-state index in [1.54, 1.807) is 25.3 Å². The van der Waals surface area contributed by atoms with E-state index in [2.05, 4.69) is 9.97 Å². The summed E-state index contributed by atoms with van der Waals surface area (Å²) in [5, 5.41) is 0. The Morgan fingerprint density at radius 1 is 1.50 bits per heavy atom. The average Bonchev–Trinajstić information content (AvgIpc) is 2.20. The summed E-state index contributed by atoms with van der Waals surface area (Å²) in [6.07, 6.45) is 1.59. The molecule has 5 nitrogen and oxygen atoms in total. The quantitative estimate of drug-likeness (QED) is 0.650. The Morgan fingerprint density at radius 3 is 3.00 bits per heavy atom. The van der Waals surface area contributed by atoms with Crippen LogP contribution in [0, 0.1) is 0 Å². The van der Waals surface area contributed by atoms with Gasteiger partial charge >= 0.3 is 11.1 Å². The second-order valence-corrected chi connectivity index (χ2v) is 2.88. The van der Waals surface area contributed by atoms with E-state index in [-0.39, 0.29) is 0 Å². The van der Waals surface area contributed by atoms with Crippen LogP contribution in [0.1, 0.15) is 6.92 Å². The highest BCUT2D eigenvalue weighted by molar-refractivity contribution is 5.69. The molecule has 72 valence electrons. The third-order valence-corrected chi connectivity index (χ3v) is 2.05. The van der Waals surface area contributed by atoms with Crippen LogP contribution < -0.4 is 11.1 Å². The number of nitrogens with one attached hydrogen (secondary N) is 1. The number of hydrogen-bond donors (Lipinski definition) is 1. The fraction of sp³-hybridized carbons (Fsp3) is 0.222. The number of fused-ring (bicyclic) bond motifs is 1. The van der Waals surface area contributed by atoms with Gasteiger partial charge in [0.25, 0.3) is 0 Å². The Morgan fingerprint density at radius 2 is 2.29 bits per heavy atom. The zero-order chi connectivity index (χ0) is 10.1. The molecule has 0 saturated carbocycles. The van der Waals surface area contributed by atoms with Crippen molar-refractivity contribution in [3.05, 3.63) is 39.0 Å². The second-order valence-electron chi connectivity index (χ2n) is 2.88. The van der Waals surface area contributed by atoms with Crippen LogP contribution in [-0.2, 0) is 6.54 Å². The van der Waals surface area contributed by atoms with Crippen LogP contribution in [0.4, 0.5) is 0 Å². The maximum Gasteiger partial charge on any atom is 0.317 e. The van der Waals surface area contributed by atoms with Crippen LogP contribution in [0.2, 0.25) is 0 Å². The average molecular weight is 191 g/mol. The highest BCUT2D eigenvalue weighted by atomic mass is 16.2. The van der Waals surface area contributed by atoms with Gasteiger partial charge < -0.3 is 4.98 Å². The third-order valence-electron chi connectivity index (χ3n) is 2.05. The predicted molar refractivity (Wildman–Crippen MR) is 52.3 cm³/mol. The molecular formula is C9H9N3O2. The number of H-pyrrole nitrogens is 1. The fourth-order valence-electron chi connectivity index (χ4n) is 1.40. The maximum absolute atomic E-state index is 11.4. The molecular weight excluding hydrogens is 182 g/mol. The van der Waals surface area contributed by atoms with Gasteiger partial charge in [0.05, 0.1) is 5.52 Å². The van der Waals surface area contributed by atoms with Crippen molar-refractivity contribution in [2.75, 3.05) is 0 Å². The highest BCUT2D eigenvalue weighted by Gasteiger charge is 2.05. The Hall–Kier alpha value is -1.91. The molecule has 0 radical (unpaired) electrons. The lowest BCUT2D eigenvalue weighted by Gasteiger charge is -2.04. The van der Waals surface area contributed by atoms with Crippen LogP contribution in [-0.4, -0.2) is 14.5 Å². The molecule has 2 aromatic heterocycles. The van der Waals surface area contributed by atoms with Crippen LogP contribution in [0.5, 0.6) is 0 Å². The normalized spacial score (nSPS) is 10.6. The molecule has 0 aliphatic carbocycles. The summed E-state index contributed by atoms with van der Waals surface area (Å²) >= 11 is 0. The molecule has 2 heterocycles. The predicted octanol–water partition coefficient (Wildman–Crippen LogP) is 0.105. The molecule has 0 unspecified atom stereocenters. The minimum absolute atomic E-state index is 0.441. The lowest BCUT2D eigenvalue weighted by atomic mass is 10.4. The van der Waals surface area contributed by atoms with Gasteiger partial charge in [-0.25, -0.2) is 4.98 Å². The van der Waals surface area contributed by atoms with E-state index in [1.807, 2.05) is 0 Å². The molecule has 0 fully saturated rings. The lowest BCUT2D eigenvalue weighted by molar-refractivity contribution is 0.734. The van der Waals surface area contributed by atoms with E-state index in [4.69, 9.17) is 0 Å². The first-order valence-electron chi connectivity index (χ1n) is 4.32. The molecule has 2 rings (SSSR count). The van der Waals surface area contributed by atoms with Gasteiger partial charge in [-0.05, 0) is 19.1 Å². The number of rotatable bonds is 1. The molecule has 0 atom stereocenters. The second kappa shape index (κ2) is 3.10. The highest BCUT2D eigenvalue weighted by Crippen LogP contribution is 2.02. The number of hydrogen-bond acceptors (Lipinski definition) is 3. The topological polar surface area (TPSA) is 67.8 Å². The van der Waals surface area contributed by atoms with Gasteiger partial charge in [-0.1, -0.05) is 0 Å². The first-order valence-corrected chi connectivity index (χ1v) is 4.32. The van der Waals surface area contributed by atoms with Crippen molar-refractivity contribution in [1.82, 2.24) is 14.5 Å². The number of aromatic amines is 1. The third kappa shape index (κ3) is 1.14. The Labute approximate surface area is 79.0 Å². The van der Waals surface area contributed by atoms with Crippen LogP contribution in [0.3, 0.4) is 0 Å². The van der Waals surface area contributed by atoms with E-state index in [0.717, 1.165) is 0 Å². The summed E-state index contributed by atoms with van der Waals surface area (Å²) in [5.74, 6) is 0. The molecule has 0 bridgehead atoms. The molecule has 2 aromatic rings. The first kappa shape index (κ1) is 8.68. The van der Waals surface area contributed by atoms with Crippen molar-refractivity contribution < 1.29 is 0 Å². The SMILES string of the molecule is CCn1c(=O)c(=O)[nH]c2cccnc21. The van der Waals surface area contributed by atoms with E-state index in [1.165, 1.54) is 4.57 Å². The van der Waals surface area contributed by atoms with Gasteiger partial charge in [-0.15, -0.1) is 0 Å². The molecule has 14 heavy (non-hydrogen) atoms. The molecule has 0 spiro atoms. The van der Waals surface area contributed by atoms with E-state index >= 15 is 0 Å². The smallest absolute Gasteiger partial charge is 0.315 e. The van der Waals surface area contributed by atoms with Crippen molar-refractivity contribution in [1.29, 1.82) is 0 Å². The summed E-state index contributed by atoms with van der Waals surface area (Å²) in [6.45, 7) is 2.24. The molecule has 0 amide bonds. The van der Waals surface area contributed by atoms with Gasteiger partial charge in [0.2, 0.25) is 0 Å². The molecule has 0 aromatic carbocycles. The van der Waals surface area contributed by atoms with Crippen LogP contribution in [0.15, 0.2) is 27.9 Å². The fourth-order valence-corrected chi connectivity index (χ4v) is 1.40. The summed E-state index contributed by atoms with van der Waals surface area (Å²) in [7, 11) is 0. The van der Waals surface area contributed by atoms with E-state index < -0.39 is 11.1 Å². The van der Waals surface area contributed by atoms with Gasteiger partial charge in [0, 0.05) is 12.7 Å². The van der Waals surface area contributed by atoms with Crippen molar-refractivity contribution in [3.63, 3.8) is 0 Å². The Kier molecular flexibility index (Phi) is 1.92. The molecule has 1 N–H and O–H groups in total. The van der Waals surface area contributed by atoms with Crippen molar-refractivity contribution >= 4 is 11.2 Å². The van der Waals surface area contributed by atoms with E-state index in [9.17, 15) is 9.59 Å². The van der Waals surface area contributed by atoms with Gasteiger partial charge in [0.15, 0.2) is 5.65 Å². The maximum atomic E-state index is 11.4. The van der Waals surface area contributed by atoms with Crippen molar-refractivity contribution in [2.45, 2.75) is 13.5 Å². The number of nitrogens with zero attached hydrogens (tertiary/aromatic N) is 2. The number of aryl methyl sites for hydroxylation is 1. The summed E-state index contributed by atoms with van der Waals surface area (Å²) in [5.41, 5.74) is -0.0652. The Balaban J connectivity index is 3.04. The minimum atomic E-state index is -0.604. The zero-order valence-electron chi connectivity index (χ0n) is 7.65. The van der Waals surface area contributed by atoms with Gasteiger partial charge in [-0.3, -0.25) is 14.2 Å². The monoisotopic (exact) mass is 191 g/mol. The number of aromatic nitrogens is 3. The van der Waals surface area contributed by atoms with E-state index in [0.29, 0.717) is 17.7 Å². The molecule has 0 aliphatic heterocycles. The first-order chi connectivity index (χ1) is 6.74. The van der Waals surface area contributed by atoms with Gasteiger partial charge in [0.1, 0.15) is 0 Å². The summed E-state index contributed by atoms with van der Waals surface area (Å²) in [4.78, 5) is 29.1. The molecule has 0 aliphatic rings. The molecule has 0 saturated heterocycles. The lowest BCUT2D eigenvalue weighted by Crippen LogP contribution is -2.36. The minimum Gasteiger partial charge on any atom is -0.315 e. The molecule has 5 heteroatoms. The van der Waals surface area contributed by atoms with Crippen LogP contribution in [0.25, 0.3) is 11.2 Å². The summed E-state index contributed by atoms with van der Waals surface area (Å²) in [6, 6.07) is 3.43. The standard InChI is InChI=1S/C9H9N3O2/c1-2-12-7-6(4-3-5-10-7)11-8(13)9(12)14/h3-5H,2H2,1H3,(H,11,13). The van der Waals surface area contributed by atoms with Crippen LogP contribution >= 0.6 is 0 Å². The van der Waals surface area contributed by atoms with Gasteiger partial charge in [-0.2, -0.15) is 0 Å². The largest absolute Gasteiger partial charge is 0.317 e. The van der Waals surface area contributed by atoms with Crippen molar-refractivity contribution in [3.8, 4) is 0 Å². The number of pyridine rings is 1. The zero-order valence-corrected chi connectivity index (χ0v) is 7.65. The Bertz CT molecular complexity index is 582. The van der Waals surface area contributed by atoms with Crippen molar-refractivity contribution in [2.24, 2.45) is 0 Å².